The van der Waals surface area contributed by atoms with Gasteiger partial charge in [-0.15, -0.1) is 0 Å². The summed E-state index contributed by atoms with van der Waals surface area (Å²) in [5.74, 6) is -1.97. The normalized spacial score (nSPS) is 13.8. The lowest BCUT2D eigenvalue weighted by Crippen LogP contribution is -2.35. The fourth-order valence-corrected chi connectivity index (χ4v) is 0.930. The van der Waals surface area contributed by atoms with E-state index in [0.29, 0.717) is 5.69 Å². The molecular weight excluding hydrogens is 230 g/mol. The summed E-state index contributed by atoms with van der Waals surface area (Å²) in [6, 6.07) is -0.989. The van der Waals surface area contributed by atoms with E-state index in [2.05, 4.69) is 19.7 Å². The summed E-state index contributed by atoms with van der Waals surface area (Å²) in [5.41, 5.74) is 6.14. The van der Waals surface area contributed by atoms with E-state index in [4.69, 9.17) is 10.8 Å². The fourth-order valence-electron chi connectivity index (χ4n) is 0.930. The van der Waals surface area contributed by atoms with Crippen molar-refractivity contribution in [2.45, 2.75) is 25.5 Å². The third-order valence-corrected chi connectivity index (χ3v) is 1.84. The maximum atomic E-state index is 11.3. The summed E-state index contributed by atoms with van der Waals surface area (Å²) >= 11 is 0. The van der Waals surface area contributed by atoms with Gasteiger partial charge in [-0.1, -0.05) is 0 Å². The van der Waals surface area contributed by atoms with Gasteiger partial charge in [0.05, 0.1) is 6.33 Å². The number of carbonyl (C=O) groups is 2. The number of hydrogen-bond acceptors (Lipinski definition) is 7. The Kier molecular flexibility index (Phi) is 4.61. The molecule has 1 aromatic rings. The lowest BCUT2D eigenvalue weighted by atomic mass is 10.2. The highest BCUT2D eigenvalue weighted by Gasteiger charge is 2.21. The minimum absolute atomic E-state index is 0.172. The Bertz CT molecular complexity index is 376. The molecule has 8 heteroatoms. The molecule has 4 N–H and O–H groups in total. The van der Waals surface area contributed by atoms with Crippen molar-refractivity contribution in [1.82, 2.24) is 9.97 Å². The Morgan fingerprint density at radius 1 is 1.53 bits per heavy atom. The first-order valence-corrected chi connectivity index (χ1v) is 4.83. The van der Waals surface area contributed by atoms with Gasteiger partial charge in [0, 0.05) is 18.3 Å². The van der Waals surface area contributed by atoms with Gasteiger partial charge in [0.25, 0.3) is 0 Å². The lowest BCUT2D eigenvalue weighted by molar-refractivity contribution is -0.264. The molecule has 2 atom stereocenters. The predicted octanol–water partition coefficient (Wildman–Crippen LogP) is -1.34. The lowest BCUT2D eigenvalue weighted by Gasteiger charge is -2.09. The van der Waals surface area contributed by atoms with Crippen molar-refractivity contribution < 1.29 is 24.5 Å². The van der Waals surface area contributed by atoms with Crippen LogP contribution in [-0.4, -0.2) is 39.2 Å². The zero-order chi connectivity index (χ0) is 12.8. The molecule has 0 fully saturated rings. The third kappa shape index (κ3) is 4.21. The molecule has 1 aromatic heterocycles. The molecule has 0 aromatic carbocycles. The van der Waals surface area contributed by atoms with Crippen molar-refractivity contribution in [1.29, 1.82) is 0 Å². The summed E-state index contributed by atoms with van der Waals surface area (Å²) in [4.78, 5) is 36.8. The Balaban J connectivity index is 2.35. The number of aliphatic hydroxyl groups excluding tert-OH is 1. The van der Waals surface area contributed by atoms with Crippen molar-refractivity contribution in [3.8, 4) is 0 Å². The number of carbonyl (C=O) groups excluding carboxylic acids is 2. The molecule has 0 bridgehead atoms. The Hall–Kier alpha value is -1.93. The largest absolute Gasteiger partial charge is 0.383 e. The van der Waals surface area contributed by atoms with Gasteiger partial charge in [-0.25, -0.2) is 24.3 Å². The van der Waals surface area contributed by atoms with Gasteiger partial charge in [-0.05, 0) is 6.92 Å². The number of aliphatic hydroxyl groups is 1. The summed E-state index contributed by atoms with van der Waals surface area (Å²) < 4.78 is 0. The van der Waals surface area contributed by atoms with Crippen LogP contribution < -0.4 is 5.73 Å². The topological polar surface area (TPSA) is 128 Å². The van der Waals surface area contributed by atoms with Gasteiger partial charge in [0.2, 0.25) is 0 Å². The SMILES string of the molecule is CC(O)C(=O)OOC(=O)C(N)Cc1cnc[nH]1. The van der Waals surface area contributed by atoms with E-state index in [0.717, 1.165) is 0 Å². The first-order valence-electron chi connectivity index (χ1n) is 4.83. The molecule has 0 amide bonds. The quantitative estimate of drug-likeness (QED) is 0.441. The molecule has 0 spiro atoms. The number of imidazole rings is 1. The van der Waals surface area contributed by atoms with E-state index in [1.54, 1.807) is 0 Å². The average Bonchev–Trinajstić information content (AvgIpc) is 2.77. The van der Waals surface area contributed by atoms with Crippen LogP contribution in [0.2, 0.25) is 0 Å². The number of nitrogens with two attached hydrogens (primary N) is 1. The molecule has 8 nitrogen and oxygen atoms in total. The Morgan fingerprint density at radius 2 is 2.18 bits per heavy atom. The smallest absolute Gasteiger partial charge is 0.382 e. The molecule has 0 saturated carbocycles. The number of H-pyrrole nitrogens is 1. The third-order valence-electron chi connectivity index (χ3n) is 1.84. The second-order valence-corrected chi connectivity index (χ2v) is 3.37. The fraction of sp³-hybridized carbons (Fsp3) is 0.444. The van der Waals surface area contributed by atoms with Crippen LogP contribution in [0.5, 0.6) is 0 Å². The highest BCUT2D eigenvalue weighted by molar-refractivity contribution is 5.78. The van der Waals surface area contributed by atoms with Crippen LogP contribution in [0.15, 0.2) is 12.5 Å². The molecule has 0 aliphatic rings. The highest BCUT2D eigenvalue weighted by atomic mass is 17.2. The average molecular weight is 243 g/mol. The summed E-state index contributed by atoms with van der Waals surface area (Å²) in [5, 5.41) is 8.77. The van der Waals surface area contributed by atoms with Gasteiger partial charge in [0.1, 0.15) is 6.04 Å². The monoisotopic (exact) mass is 243 g/mol. The number of nitrogens with one attached hydrogen (secondary N) is 1. The van der Waals surface area contributed by atoms with E-state index in [1.165, 1.54) is 19.4 Å². The minimum Gasteiger partial charge on any atom is -0.382 e. The zero-order valence-electron chi connectivity index (χ0n) is 9.12. The van der Waals surface area contributed by atoms with Crippen molar-refractivity contribution in [2.24, 2.45) is 5.73 Å². The van der Waals surface area contributed by atoms with Crippen LogP contribution in [0, 0.1) is 0 Å². The second kappa shape index (κ2) is 5.97. The number of nitrogens with zero attached hydrogens (tertiary/aromatic N) is 1. The van der Waals surface area contributed by atoms with E-state index >= 15 is 0 Å². The van der Waals surface area contributed by atoms with Crippen LogP contribution in [0.3, 0.4) is 0 Å². The molecule has 1 heterocycles. The molecule has 0 aliphatic carbocycles. The van der Waals surface area contributed by atoms with Gasteiger partial charge in [-0.2, -0.15) is 0 Å². The van der Waals surface area contributed by atoms with Crippen molar-refractivity contribution >= 4 is 11.9 Å². The van der Waals surface area contributed by atoms with Gasteiger partial charge >= 0.3 is 11.9 Å². The summed E-state index contributed by atoms with van der Waals surface area (Å²) in [6.07, 6.45) is 1.76. The van der Waals surface area contributed by atoms with Gasteiger partial charge in [-0.3, -0.25) is 0 Å². The summed E-state index contributed by atoms with van der Waals surface area (Å²) in [7, 11) is 0. The van der Waals surface area contributed by atoms with Gasteiger partial charge in [0.15, 0.2) is 6.10 Å². The second-order valence-electron chi connectivity index (χ2n) is 3.37. The van der Waals surface area contributed by atoms with Crippen LogP contribution in [0.1, 0.15) is 12.6 Å². The van der Waals surface area contributed by atoms with Crippen LogP contribution >= 0.6 is 0 Å². The van der Waals surface area contributed by atoms with E-state index in [9.17, 15) is 9.59 Å². The molecule has 17 heavy (non-hydrogen) atoms. The maximum Gasteiger partial charge on any atom is 0.383 e. The van der Waals surface area contributed by atoms with Crippen LogP contribution in [0.25, 0.3) is 0 Å². The number of hydrogen-bond donors (Lipinski definition) is 3. The first kappa shape index (κ1) is 13.1. The molecule has 1 rings (SSSR count). The van der Waals surface area contributed by atoms with E-state index in [1.807, 2.05) is 0 Å². The highest BCUT2D eigenvalue weighted by Crippen LogP contribution is 1.99. The molecule has 2 unspecified atom stereocenters. The van der Waals surface area contributed by atoms with Crippen LogP contribution in [0.4, 0.5) is 0 Å². The zero-order valence-corrected chi connectivity index (χ0v) is 9.12. The Labute approximate surface area is 96.7 Å². The number of aromatic nitrogens is 2. The minimum atomic E-state index is -1.37. The van der Waals surface area contributed by atoms with Crippen molar-refractivity contribution in [3.63, 3.8) is 0 Å². The molecule has 0 saturated heterocycles. The van der Waals surface area contributed by atoms with Gasteiger partial charge < -0.3 is 15.8 Å². The number of aromatic amines is 1. The number of rotatable bonds is 4. The standard InChI is InChI=1S/C9H13N3O5/c1-5(13)8(14)16-17-9(15)7(10)2-6-3-11-4-12-6/h3-5,7,13H,2,10H2,1H3,(H,11,12). The van der Waals surface area contributed by atoms with Crippen molar-refractivity contribution in [2.75, 3.05) is 0 Å². The Morgan fingerprint density at radius 3 is 2.71 bits per heavy atom. The first-order chi connectivity index (χ1) is 8.00. The predicted molar refractivity (Wildman–Crippen MR) is 54.1 cm³/mol. The molecule has 0 aliphatic heterocycles. The molecular formula is C9H13N3O5. The maximum absolute atomic E-state index is 11.3. The molecule has 94 valence electrons. The summed E-state index contributed by atoms with van der Waals surface area (Å²) in [6.45, 7) is 1.18. The molecule has 0 radical (unpaired) electrons. The van der Waals surface area contributed by atoms with Crippen LogP contribution in [-0.2, 0) is 25.8 Å². The van der Waals surface area contributed by atoms with E-state index in [-0.39, 0.29) is 6.42 Å². The van der Waals surface area contributed by atoms with Crippen molar-refractivity contribution in [3.05, 3.63) is 18.2 Å². The van der Waals surface area contributed by atoms with E-state index < -0.39 is 24.1 Å².